The molecule has 0 radical (unpaired) electrons. The van der Waals surface area contributed by atoms with Crippen LogP contribution in [0.25, 0.3) is 0 Å². The number of nitrogens with zero attached hydrogens (tertiary/aromatic N) is 3. The summed E-state index contributed by atoms with van der Waals surface area (Å²) < 4.78 is 0. The van der Waals surface area contributed by atoms with E-state index >= 15 is 0 Å². The van der Waals surface area contributed by atoms with Gasteiger partial charge in [0.2, 0.25) is 0 Å². The van der Waals surface area contributed by atoms with Gasteiger partial charge in [0.1, 0.15) is 0 Å². The van der Waals surface area contributed by atoms with E-state index in [1.807, 2.05) is 19.2 Å². The van der Waals surface area contributed by atoms with Crippen molar-refractivity contribution in [1.82, 2.24) is 9.88 Å². The second kappa shape index (κ2) is 8.49. The largest absolute Gasteiger partial charge is 0.385 e. The highest BCUT2D eigenvalue weighted by molar-refractivity contribution is 5.43. The van der Waals surface area contributed by atoms with E-state index in [0.29, 0.717) is 0 Å². The molecule has 1 N–H and O–H groups in total. The Morgan fingerprint density at radius 2 is 2.26 bits per heavy atom. The summed E-state index contributed by atoms with van der Waals surface area (Å²) in [6, 6.07) is 6.37. The zero-order valence-electron chi connectivity index (χ0n) is 12.2. The molecule has 1 aromatic heterocycles. The standard InChI is InChI=1S/C15H24N4/c1-4-7-17-14-6-8-18-15(9-14)12-19(5-2)11-13(3)10-16/h6,8-9,13H,4-5,7,11-12H2,1-3H3,(H,17,18). The van der Waals surface area contributed by atoms with Crippen LogP contribution in [-0.4, -0.2) is 29.5 Å². The summed E-state index contributed by atoms with van der Waals surface area (Å²) in [5.41, 5.74) is 2.17. The Kier molecular flexibility index (Phi) is 6.91. The van der Waals surface area contributed by atoms with E-state index in [0.717, 1.165) is 44.0 Å². The summed E-state index contributed by atoms with van der Waals surface area (Å²) in [5.74, 6) is 0.0568. The van der Waals surface area contributed by atoms with Gasteiger partial charge in [-0.15, -0.1) is 0 Å². The zero-order valence-corrected chi connectivity index (χ0v) is 12.2. The number of aromatic nitrogens is 1. The van der Waals surface area contributed by atoms with E-state index in [4.69, 9.17) is 5.26 Å². The lowest BCUT2D eigenvalue weighted by Crippen LogP contribution is -2.28. The maximum atomic E-state index is 8.88. The van der Waals surface area contributed by atoms with Gasteiger partial charge in [-0.3, -0.25) is 9.88 Å². The van der Waals surface area contributed by atoms with Crippen molar-refractivity contribution in [3.8, 4) is 6.07 Å². The Hall–Kier alpha value is -1.60. The SMILES string of the molecule is CCCNc1ccnc(CN(CC)CC(C)C#N)c1. The molecule has 0 spiro atoms. The van der Waals surface area contributed by atoms with Crippen molar-refractivity contribution in [3.63, 3.8) is 0 Å². The molecule has 1 rings (SSSR count). The van der Waals surface area contributed by atoms with E-state index in [1.165, 1.54) is 0 Å². The lowest BCUT2D eigenvalue weighted by atomic mass is 10.2. The van der Waals surface area contributed by atoms with Gasteiger partial charge < -0.3 is 5.32 Å². The minimum Gasteiger partial charge on any atom is -0.385 e. The molecule has 0 aromatic carbocycles. The van der Waals surface area contributed by atoms with Crippen LogP contribution in [0.3, 0.4) is 0 Å². The average molecular weight is 260 g/mol. The molecule has 0 amide bonds. The van der Waals surface area contributed by atoms with Gasteiger partial charge in [-0.1, -0.05) is 13.8 Å². The third-order valence-electron chi connectivity index (χ3n) is 2.98. The molecule has 0 aliphatic rings. The van der Waals surface area contributed by atoms with Crippen molar-refractivity contribution in [3.05, 3.63) is 24.0 Å². The maximum absolute atomic E-state index is 8.88. The molecule has 1 heterocycles. The van der Waals surface area contributed by atoms with Gasteiger partial charge in [0.25, 0.3) is 0 Å². The van der Waals surface area contributed by atoms with Crippen molar-refractivity contribution in [2.45, 2.75) is 33.7 Å². The molecule has 0 bridgehead atoms. The third-order valence-corrected chi connectivity index (χ3v) is 2.98. The Morgan fingerprint density at radius 1 is 1.47 bits per heavy atom. The van der Waals surface area contributed by atoms with Gasteiger partial charge in [0, 0.05) is 31.5 Å². The Labute approximate surface area is 116 Å². The Morgan fingerprint density at radius 3 is 2.89 bits per heavy atom. The van der Waals surface area contributed by atoms with Gasteiger partial charge in [-0.25, -0.2) is 0 Å². The highest BCUT2D eigenvalue weighted by Crippen LogP contribution is 2.11. The molecule has 104 valence electrons. The molecular formula is C15H24N4. The second-order valence-electron chi connectivity index (χ2n) is 4.82. The van der Waals surface area contributed by atoms with Crippen LogP contribution in [0.4, 0.5) is 5.69 Å². The lowest BCUT2D eigenvalue weighted by Gasteiger charge is -2.21. The van der Waals surface area contributed by atoms with Crippen LogP contribution < -0.4 is 5.32 Å². The van der Waals surface area contributed by atoms with Crippen molar-refractivity contribution in [2.75, 3.05) is 25.0 Å². The molecule has 0 aliphatic heterocycles. The summed E-state index contributed by atoms with van der Waals surface area (Å²) in [4.78, 5) is 6.65. The highest BCUT2D eigenvalue weighted by atomic mass is 15.1. The summed E-state index contributed by atoms with van der Waals surface area (Å²) in [6.07, 6.45) is 2.95. The van der Waals surface area contributed by atoms with E-state index in [9.17, 15) is 0 Å². The first-order valence-electron chi connectivity index (χ1n) is 7.00. The molecule has 0 aliphatic carbocycles. The number of nitrogens with one attached hydrogen (secondary N) is 1. The van der Waals surface area contributed by atoms with Crippen molar-refractivity contribution in [1.29, 1.82) is 5.26 Å². The molecule has 1 unspecified atom stereocenters. The number of hydrogen-bond donors (Lipinski definition) is 1. The molecule has 0 saturated carbocycles. The molecule has 0 saturated heterocycles. The van der Waals surface area contributed by atoms with Crippen LogP contribution in [0.15, 0.2) is 18.3 Å². The van der Waals surface area contributed by atoms with Crippen LogP contribution >= 0.6 is 0 Å². The topological polar surface area (TPSA) is 52.0 Å². The first-order valence-corrected chi connectivity index (χ1v) is 7.00. The first-order chi connectivity index (χ1) is 9.19. The third kappa shape index (κ3) is 5.71. The van der Waals surface area contributed by atoms with Crippen molar-refractivity contribution < 1.29 is 0 Å². The number of hydrogen-bond acceptors (Lipinski definition) is 4. The van der Waals surface area contributed by atoms with Crippen LogP contribution in [-0.2, 0) is 6.54 Å². The first kappa shape index (κ1) is 15.5. The average Bonchev–Trinajstić information content (AvgIpc) is 2.44. The quantitative estimate of drug-likeness (QED) is 0.781. The molecule has 4 heteroatoms. The van der Waals surface area contributed by atoms with Crippen molar-refractivity contribution >= 4 is 5.69 Å². The van der Waals surface area contributed by atoms with Gasteiger partial charge in [-0.2, -0.15) is 5.26 Å². The Balaban J connectivity index is 2.61. The van der Waals surface area contributed by atoms with E-state index in [2.05, 4.69) is 41.2 Å². The summed E-state index contributed by atoms with van der Waals surface area (Å²) in [7, 11) is 0. The Bertz CT molecular complexity index is 411. The molecule has 1 aromatic rings. The summed E-state index contributed by atoms with van der Waals surface area (Å²) in [5, 5.41) is 12.3. The van der Waals surface area contributed by atoms with Crippen LogP contribution in [0.2, 0.25) is 0 Å². The summed E-state index contributed by atoms with van der Waals surface area (Å²) >= 11 is 0. The molecule has 19 heavy (non-hydrogen) atoms. The number of nitriles is 1. The van der Waals surface area contributed by atoms with E-state index in [1.54, 1.807) is 0 Å². The number of anilines is 1. The van der Waals surface area contributed by atoms with Crippen LogP contribution in [0.1, 0.15) is 32.9 Å². The van der Waals surface area contributed by atoms with E-state index < -0.39 is 0 Å². The fourth-order valence-corrected chi connectivity index (χ4v) is 1.91. The summed E-state index contributed by atoms with van der Waals surface area (Å²) in [6.45, 7) is 9.72. The monoisotopic (exact) mass is 260 g/mol. The van der Waals surface area contributed by atoms with Gasteiger partial charge in [0.15, 0.2) is 0 Å². The predicted octanol–water partition coefficient (Wildman–Crippen LogP) is 2.89. The minimum absolute atomic E-state index is 0.0568. The fraction of sp³-hybridized carbons (Fsp3) is 0.600. The zero-order chi connectivity index (χ0) is 14.1. The number of pyridine rings is 1. The fourth-order valence-electron chi connectivity index (χ4n) is 1.91. The van der Waals surface area contributed by atoms with Gasteiger partial charge in [-0.05, 0) is 32.0 Å². The van der Waals surface area contributed by atoms with Gasteiger partial charge >= 0.3 is 0 Å². The molecule has 4 nitrogen and oxygen atoms in total. The normalized spacial score (nSPS) is 12.2. The van der Waals surface area contributed by atoms with Crippen molar-refractivity contribution in [2.24, 2.45) is 5.92 Å². The molecule has 0 fully saturated rings. The number of rotatable bonds is 8. The predicted molar refractivity (Wildman–Crippen MR) is 78.7 cm³/mol. The molecule has 1 atom stereocenters. The maximum Gasteiger partial charge on any atom is 0.0666 e. The van der Waals surface area contributed by atoms with Gasteiger partial charge in [0.05, 0.1) is 17.7 Å². The smallest absolute Gasteiger partial charge is 0.0666 e. The highest BCUT2D eigenvalue weighted by Gasteiger charge is 2.09. The van der Waals surface area contributed by atoms with Crippen LogP contribution in [0, 0.1) is 17.2 Å². The van der Waals surface area contributed by atoms with Crippen LogP contribution in [0.5, 0.6) is 0 Å². The molecular weight excluding hydrogens is 236 g/mol. The second-order valence-corrected chi connectivity index (χ2v) is 4.82. The lowest BCUT2D eigenvalue weighted by molar-refractivity contribution is 0.257. The van der Waals surface area contributed by atoms with E-state index in [-0.39, 0.29) is 5.92 Å². The minimum atomic E-state index is 0.0568.